The minimum atomic E-state index is -0.164. The molecule has 110 valence electrons. The molecule has 0 amide bonds. The van der Waals surface area contributed by atoms with Crippen LogP contribution in [-0.4, -0.2) is 35.4 Å². The second-order valence-corrected chi connectivity index (χ2v) is 6.29. The fraction of sp³-hybridized carbons (Fsp3) is 0.786. The number of esters is 1. The summed E-state index contributed by atoms with van der Waals surface area (Å²) in [5, 5.41) is 1.80. The van der Waals surface area contributed by atoms with Crippen molar-refractivity contribution < 1.29 is 14.3 Å². The van der Waals surface area contributed by atoms with Crippen LogP contribution < -0.4 is 0 Å². The Balaban J connectivity index is 2.73. The maximum absolute atomic E-state index is 11.6. The summed E-state index contributed by atoms with van der Waals surface area (Å²) in [6.07, 6.45) is 4.68. The molecule has 0 aromatic carbocycles. The van der Waals surface area contributed by atoms with Crippen molar-refractivity contribution in [2.45, 2.75) is 45.3 Å². The lowest BCUT2D eigenvalue weighted by Gasteiger charge is -2.34. The van der Waals surface area contributed by atoms with Crippen molar-refractivity contribution in [2.75, 3.05) is 17.3 Å². The molecule has 0 aromatic rings. The van der Waals surface area contributed by atoms with E-state index in [0.717, 1.165) is 29.1 Å². The zero-order valence-corrected chi connectivity index (χ0v) is 14.7. The number of hydrogen-bond donors (Lipinski definition) is 0. The fourth-order valence-corrected chi connectivity index (χ4v) is 3.18. The number of carbonyl (C=O) groups excluding carboxylic acids is 1. The van der Waals surface area contributed by atoms with Crippen LogP contribution in [0.1, 0.15) is 33.1 Å². The van der Waals surface area contributed by atoms with Gasteiger partial charge >= 0.3 is 5.97 Å². The first kappa shape index (κ1) is 17.2. The van der Waals surface area contributed by atoms with Crippen molar-refractivity contribution in [2.24, 2.45) is 5.92 Å². The molecule has 0 unspecified atom stereocenters. The first-order chi connectivity index (χ1) is 9.12. The predicted octanol–water partition coefficient (Wildman–Crippen LogP) is 3.84. The standard InChI is InChI=1S/C14H22Br2O3/c1-3-18-14(17)9-11-8-10(2)12(4-6-15)19-13(11)5-7-16/h8,10,12-13H,3-7,9H2,1-2H3/t10-,12-,13-/m0/s1. The number of halogens is 2. The Kier molecular flexibility index (Phi) is 8.26. The molecule has 0 saturated carbocycles. The van der Waals surface area contributed by atoms with Gasteiger partial charge in [-0.2, -0.15) is 0 Å². The normalized spacial score (nSPS) is 26.9. The van der Waals surface area contributed by atoms with Gasteiger partial charge in [0.2, 0.25) is 0 Å². The van der Waals surface area contributed by atoms with Crippen LogP contribution in [0.15, 0.2) is 11.6 Å². The van der Waals surface area contributed by atoms with Gasteiger partial charge in [0.1, 0.15) is 0 Å². The molecule has 0 N–H and O–H groups in total. The Hall–Kier alpha value is 0.130. The molecular weight excluding hydrogens is 376 g/mol. The third-order valence-electron chi connectivity index (χ3n) is 3.23. The van der Waals surface area contributed by atoms with Crippen LogP contribution >= 0.6 is 31.9 Å². The van der Waals surface area contributed by atoms with Crippen LogP contribution in [0.3, 0.4) is 0 Å². The molecule has 0 radical (unpaired) electrons. The van der Waals surface area contributed by atoms with Gasteiger partial charge in [-0.15, -0.1) is 0 Å². The highest BCUT2D eigenvalue weighted by Gasteiger charge is 2.29. The van der Waals surface area contributed by atoms with Crippen molar-refractivity contribution in [3.05, 3.63) is 11.6 Å². The zero-order chi connectivity index (χ0) is 14.3. The molecular formula is C14H22Br2O3. The van der Waals surface area contributed by atoms with Crippen molar-refractivity contribution >= 4 is 37.8 Å². The third-order valence-corrected chi connectivity index (χ3v) is 4.15. The highest BCUT2D eigenvalue weighted by atomic mass is 79.9. The molecule has 5 heteroatoms. The first-order valence-electron chi connectivity index (χ1n) is 6.75. The van der Waals surface area contributed by atoms with Crippen molar-refractivity contribution in [3.63, 3.8) is 0 Å². The molecule has 1 aliphatic rings. The van der Waals surface area contributed by atoms with Crippen LogP contribution in [-0.2, 0) is 14.3 Å². The van der Waals surface area contributed by atoms with Gasteiger partial charge in [-0.3, -0.25) is 4.79 Å². The molecule has 0 bridgehead atoms. The number of ether oxygens (including phenoxy) is 2. The van der Waals surface area contributed by atoms with E-state index in [2.05, 4.69) is 44.9 Å². The monoisotopic (exact) mass is 396 g/mol. The average Bonchev–Trinajstić information content (AvgIpc) is 2.35. The van der Waals surface area contributed by atoms with Gasteiger partial charge in [-0.05, 0) is 25.3 Å². The number of alkyl halides is 2. The summed E-state index contributed by atoms with van der Waals surface area (Å²) in [5.41, 5.74) is 1.07. The first-order valence-corrected chi connectivity index (χ1v) is 9.00. The minimum absolute atomic E-state index is 0.0315. The molecule has 1 rings (SSSR count). The summed E-state index contributed by atoms with van der Waals surface area (Å²) in [6.45, 7) is 4.40. The number of carbonyl (C=O) groups is 1. The van der Waals surface area contributed by atoms with Gasteiger partial charge in [-0.1, -0.05) is 44.9 Å². The third kappa shape index (κ3) is 5.56. The Bertz CT molecular complexity index is 318. The summed E-state index contributed by atoms with van der Waals surface area (Å²) in [4.78, 5) is 11.6. The van der Waals surface area contributed by atoms with E-state index in [9.17, 15) is 4.79 Å². The molecule has 19 heavy (non-hydrogen) atoms. The Morgan fingerprint density at radius 2 is 2.05 bits per heavy atom. The highest BCUT2D eigenvalue weighted by Crippen LogP contribution is 2.30. The van der Waals surface area contributed by atoms with Gasteiger partial charge < -0.3 is 9.47 Å². The summed E-state index contributed by atoms with van der Waals surface area (Å²) >= 11 is 6.91. The summed E-state index contributed by atoms with van der Waals surface area (Å²) < 4.78 is 11.2. The van der Waals surface area contributed by atoms with Gasteiger partial charge in [0, 0.05) is 16.6 Å². The SMILES string of the molecule is CCOC(=O)CC1=C[C@H](C)[C@H](CCBr)O[C@H]1CCBr. The quantitative estimate of drug-likeness (QED) is 0.372. The maximum atomic E-state index is 11.6. The van der Waals surface area contributed by atoms with Crippen molar-refractivity contribution in [1.29, 1.82) is 0 Å². The van der Waals surface area contributed by atoms with Crippen molar-refractivity contribution in [1.82, 2.24) is 0 Å². The zero-order valence-electron chi connectivity index (χ0n) is 11.5. The maximum Gasteiger partial charge on any atom is 0.309 e. The van der Waals surface area contributed by atoms with Gasteiger partial charge in [0.15, 0.2) is 0 Å². The van der Waals surface area contributed by atoms with E-state index in [0.29, 0.717) is 18.9 Å². The smallest absolute Gasteiger partial charge is 0.309 e. The Morgan fingerprint density at radius 3 is 2.63 bits per heavy atom. The van der Waals surface area contributed by atoms with Gasteiger partial charge in [0.25, 0.3) is 0 Å². The number of hydrogen-bond acceptors (Lipinski definition) is 3. The molecule has 0 aliphatic carbocycles. The Labute approximate surface area is 132 Å². The average molecular weight is 398 g/mol. The molecule has 1 heterocycles. The highest BCUT2D eigenvalue weighted by molar-refractivity contribution is 9.09. The molecule has 0 saturated heterocycles. The van der Waals surface area contributed by atoms with E-state index >= 15 is 0 Å². The number of rotatable bonds is 7. The second kappa shape index (κ2) is 9.14. The van der Waals surface area contributed by atoms with Gasteiger partial charge in [-0.25, -0.2) is 0 Å². The molecule has 3 atom stereocenters. The van der Waals surface area contributed by atoms with Crippen LogP contribution in [0.5, 0.6) is 0 Å². The van der Waals surface area contributed by atoms with E-state index in [4.69, 9.17) is 9.47 Å². The van der Waals surface area contributed by atoms with Crippen LogP contribution in [0.2, 0.25) is 0 Å². The molecule has 0 fully saturated rings. The molecule has 3 nitrogen and oxygen atoms in total. The van der Waals surface area contributed by atoms with Crippen LogP contribution in [0.4, 0.5) is 0 Å². The minimum Gasteiger partial charge on any atom is -0.466 e. The molecule has 0 spiro atoms. The van der Waals surface area contributed by atoms with E-state index in [1.807, 2.05) is 6.92 Å². The predicted molar refractivity (Wildman–Crippen MR) is 84.0 cm³/mol. The topological polar surface area (TPSA) is 35.5 Å². The second-order valence-electron chi connectivity index (χ2n) is 4.70. The lowest BCUT2D eigenvalue weighted by Crippen LogP contribution is -2.34. The lowest BCUT2D eigenvalue weighted by molar-refractivity contribution is -0.143. The van der Waals surface area contributed by atoms with E-state index in [1.54, 1.807) is 0 Å². The summed E-state index contributed by atoms with van der Waals surface area (Å²) in [6, 6.07) is 0. The summed E-state index contributed by atoms with van der Waals surface area (Å²) in [7, 11) is 0. The molecule has 0 aromatic heterocycles. The van der Waals surface area contributed by atoms with Crippen LogP contribution in [0.25, 0.3) is 0 Å². The lowest BCUT2D eigenvalue weighted by atomic mass is 9.90. The van der Waals surface area contributed by atoms with E-state index in [-0.39, 0.29) is 18.2 Å². The van der Waals surface area contributed by atoms with E-state index < -0.39 is 0 Å². The summed E-state index contributed by atoms with van der Waals surface area (Å²) in [5.74, 6) is 0.177. The van der Waals surface area contributed by atoms with E-state index in [1.165, 1.54) is 0 Å². The largest absolute Gasteiger partial charge is 0.466 e. The van der Waals surface area contributed by atoms with Crippen molar-refractivity contribution in [3.8, 4) is 0 Å². The van der Waals surface area contributed by atoms with Crippen LogP contribution in [0, 0.1) is 5.92 Å². The molecule has 1 aliphatic heterocycles. The van der Waals surface area contributed by atoms with Gasteiger partial charge in [0.05, 0.1) is 25.2 Å². The Morgan fingerprint density at radius 1 is 1.37 bits per heavy atom. The fourth-order valence-electron chi connectivity index (χ4n) is 2.32.